The van der Waals surface area contributed by atoms with E-state index in [0.717, 1.165) is 28.3 Å². The first-order valence-electron chi connectivity index (χ1n) is 9.25. The molecule has 0 atom stereocenters. The molecule has 0 unspecified atom stereocenters. The van der Waals surface area contributed by atoms with E-state index < -0.39 is 0 Å². The van der Waals surface area contributed by atoms with Gasteiger partial charge in [0.15, 0.2) is 5.16 Å². The van der Waals surface area contributed by atoms with Crippen LogP contribution in [0.4, 0.5) is 4.39 Å². The van der Waals surface area contributed by atoms with Crippen LogP contribution >= 0.6 is 11.8 Å². The van der Waals surface area contributed by atoms with Crippen LogP contribution in [0.15, 0.2) is 60.0 Å². The van der Waals surface area contributed by atoms with Gasteiger partial charge in [-0.1, -0.05) is 41.6 Å². The summed E-state index contributed by atoms with van der Waals surface area (Å²) in [6, 6.07) is 13.1. The highest BCUT2D eigenvalue weighted by Gasteiger charge is 2.14. The summed E-state index contributed by atoms with van der Waals surface area (Å²) in [5.41, 5.74) is 8.04. The van der Waals surface area contributed by atoms with Crippen LogP contribution < -0.4 is 0 Å². The first-order chi connectivity index (χ1) is 13.5. The number of fused-ring (bicyclic) bond motifs is 1. The van der Waals surface area contributed by atoms with Crippen molar-refractivity contribution >= 4 is 22.8 Å². The molecule has 0 spiro atoms. The van der Waals surface area contributed by atoms with Gasteiger partial charge in [-0.05, 0) is 61.2 Å². The van der Waals surface area contributed by atoms with E-state index >= 15 is 0 Å². The van der Waals surface area contributed by atoms with Gasteiger partial charge in [-0.3, -0.25) is 4.98 Å². The molecule has 0 radical (unpaired) electrons. The molecule has 2 aromatic carbocycles. The number of pyridine rings is 1. The van der Waals surface area contributed by atoms with Crippen LogP contribution in [0.1, 0.15) is 27.8 Å². The lowest BCUT2D eigenvalue weighted by Crippen LogP contribution is -2.06. The van der Waals surface area contributed by atoms with Crippen LogP contribution in [-0.2, 0) is 12.3 Å². The molecule has 0 aliphatic rings. The van der Waals surface area contributed by atoms with Gasteiger partial charge in [-0.25, -0.2) is 9.37 Å². The number of halogens is 1. The largest absolute Gasteiger partial charge is 0.313 e. The maximum atomic E-state index is 13.5. The van der Waals surface area contributed by atoms with Gasteiger partial charge in [0.25, 0.3) is 0 Å². The summed E-state index contributed by atoms with van der Waals surface area (Å²) in [5.74, 6) is 0.460. The zero-order valence-corrected chi connectivity index (χ0v) is 17.1. The molecule has 2 heterocycles. The third-order valence-corrected chi connectivity index (χ3v) is 5.98. The number of thioether (sulfide) groups is 1. The van der Waals surface area contributed by atoms with Crippen molar-refractivity contribution in [1.82, 2.24) is 14.5 Å². The quantitative estimate of drug-likeness (QED) is 0.401. The molecule has 142 valence electrons. The Morgan fingerprint density at radius 2 is 1.82 bits per heavy atom. The SMILES string of the molecule is Cc1cc(C)c(Cn2c(SCc3cccc(F)c3)nc3ccncc32)c(C)c1. The zero-order valence-electron chi connectivity index (χ0n) is 16.2. The summed E-state index contributed by atoms with van der Waals surface area (Å²) >= 11 is 1.63. The van der Waals surface area contributed by atoms with Gasteiger partial charge in [-0.15, -0.1) is 0 Å². The Morgan fingerprint density at radius 3 is 2.57 bits per heavy atom. The van der Waals surface area contributed by atoms with Crippen molar-refractivity contribution in [2.24, 2.45) is 0 Å². The van der Waals surface area contributed by atoms with Gasteiger partial charge in [0.1, 0.15) is 5.82 Å². The summed E-state index contributed by atoms with van der Waals surface area (Å²) in [6.45, 7) is 7.19. The van der Waals surface area contributed by atoms with E-state index in [1.807, 2.05) is 18.3 Å². The van der Waals surface area contributed by atoms with Crippen LogP contribution in [0.25, 0.3) is 11.0 Å². The molecule has 5 heteroatoms. The molecule has 0 saturated carbocycles. The van der Waals surface area contributed by atoms with E-state index in [4.69, 9.17) is 4.98 Å². The number of hydrogen-bond acceptors (Lipinski definition) is 3. The Morgan fingerprint density at radius 1 is 1.04 bits per heavy atom. The van der Waals surface area contributed by atoms with Gasteiger partial charge in [0, 0.05) is 11.9 Å². The number of benzene rings is 2. The maximum Gasteiger partial charge on any atom is 0.169 e. The molecule has 0 amide bonds. The summed E-state index contributed by atoms with van der Waals surface area (Å²) in [6.07, 6.45) is 3.64. The standard InChI is InChI=1S/C23H22FN3S/c1-15-9-16(2)20(17(3)10-15)13-27-22-12-25-8-7-21(22)26-23(27)28-14-18-5-4-6-19(24)11-18/h4-12H,13-14H2,1-3H3. The third kappa shape index (κ3) is 3.80. The van der Waals surface area contributed by atoms with Gasteiger partial charge in [0.05, 0.1) is 23.8 Å². The van der Waals surface area contributed by atoms with Crippen molar-refractivity contribution in [2.45, 2.75) is 38.2 Å². The molecule has 4 aromatic rings. The minimum absolute atomic E-state index is 0.207. The van der Waals surface area contributed by atoms with E-state index in [0.29, 0.717) is 5.75 Å². The van der Waals surface area contributed by atoms with E-state index in [2.05, 4.69) is 42.5 Å². The average Bonchev–Trinajstić information content (AvgIpc) is 3.00. The van der Waals surface area contributed by atoms with Crippen molar-refractivity contribution in [2.75, 3.05) is 0 Å². The predicted molar refractivity (Wildman–Crippen MR) is 113 cm³/mol. The van der Waals surface area contributed by atoms with E-state index in [1.165, 1.54) is 28.3 Å². The third-order valence-electron chi connectivity index (χ3n) is 4.93. The fourth-order valence-electron chi connectivity index (χ4n) is 3.60. The lowest BCUT2D eigenvalue weighted by atomic mass is 10.00. The van der Waals surface area contributed by atoms with Gasteiger partial charge in [0.2, 0.25) is 0 Å². The molecule has 28 heavy (non-hydrogen) atoms. The molecule has 3 nitrogen and oxygen atoms in total. The van der Waals surface area contributed by atoms with E-state index in [9.17, 15) is 4.39 Å². The topological polar surface area (TPSA) is 30.7 Å². The van der Waals surface area contributed by atoms with Crippen LogP contribution in [0.5, 0.6) is 0 Å². The lowest BCUT2D eigenvalue weighted by molar-refractivity contribution is 0.626. The second-order valence-electron chi connectivity index (χ2n) is 7.14. The highest BCUT2D eigenvalue weighted by atomic mass is 32.2. The molecule has 4 rings (SSSR count). The molecule has 0 aliphatic heterocycles. The van der Waals surface area contributed by atoms with Gasteiger partial charge in [-0.2, -0.15) is 0 Å². The number of aryl methyl sites for hydroxylation is 3. The molecule has 2 aromatic heterocycles. The van der Waals surface area contributed by atoms with E-state index in [1.54, 1.807) is 30.1 Å². The van der Waals surface area contributed by atoms with Crippen molar-refractivity contribution in [3.8, 4) is 0 Å². The number of hydrogen-bond donors (Lipinski definition) is 0. The Hall–Kier alpha value is -2.66. The second-order valence-corrected chi connectivity index (χ2v) is 8.08. The van der Waals surface area contributed by atoms with Crippen LogP contribution in [0, 0.1) is 26.6 Å². The van der Waals surface area contributed by atoms with Crippen molar-refractivity contribution in [3.05, 3.63) is 88.5 Å². The summed E-state index contributed by atoms with van der Waals surface area (Å²) in [7, 11) is 0. The van der Waals surface area contributed by atoms with Crippen molar-refractivity contribution in [1.29, 1.82) is 0 Å². The zero-order chi connectivity index (χ0) is 19.7. The lowest BCUT2D eigenvalue weighted by Gasteiger charge is -2.14. The monoisotopic (exact) mass is 391 g/mol. The smallest absolute Gasteiger partial charge is 0.169 e. The fourth-order valence-corrected chi connectivity index (χ4v) is 4.56. The molecule has 0 aliphatic carbocycles. The highest BCUT2D eigenvalue weighted by molar-refractivity contribution is 7.98. The van der Waals surface area contributed by atoms with E-state index in [-0.39, 0.29) is 5.82 Å². The number of rotatable bonds is 5. The maximum absolute atomic E-state index is 13.5. The van der Waals surface area contributed by atoms with Crippen LogP contribution in [0.2, 0.25) is 0 Å². The molecule has 0 saturated heterocycles. The minimum atomic E-state index is -0.207. The molecular weight excluding hydrogens is 369 g/mol. The predicted octanol–water partition coefficient (Wildman–Crippen LogP) is 5.84. The number of nitrogens with zero attached hydrogens (tertiary/aromatic N) is 3. The number of imidazole rings is 1. The highest BCUT2D eigenvalue weighted by Crippen LogP contribution is 2.29. The summed E-state index contributed by atoms with van der Waals surface area (Å²) < 4.78 is 15.7. The Labute approximate surface area is 168 Å². The van der Waals surface area contributed by atoms with Crippen molar-refractivity contribution in [3.63, 3.8) is 0 Å². The summed E-state index contributed by atoms with van der Waals surface area (Å²) in [5, 5.41) is 0.923. The fraction of sp³-hybridized carbons (Fsp3) is 0.217. The van der Waals surface area contributed by atoms with Gasteiger partial charge >= 0.3 is 0 Å². The minimum Gasteiger partial charge on any atom is -0.313 e. The average molecular weight is 392 g/mol. The van der Waals surface area contributed by atoms with Crippen LogP contribution in [0.3, 0.4) is 0 Å². The molecule has 0 fully saturated rings. The van der Waals surface area contributed by atoms with Crippen LogP contribution in [-0.4, -0.2) is 14.5 Å². The number of aromatic nitrogens is 3. The first-order valence-corrected chi connectivity index (χ1v) is 10.2. The molecular formula is C23H22FN3S. The van der Waals surface area contributed by atoms with Gasteiger partial charge < -0.3 is 4.57 Å². The Balaban J connectivity index is 1.71. The Bertz CT molecular complexity index is 1130. The van der Waals surface area contributed by atoms with Crippen molar-refractivity contribution < 1.29 is 4.39 Å². The summed E-state index contributed by atoms with van der Waals surface area (Å²) in [4.78, 5) is 9.11. The first kappa shape index (κ1) is 18.7. The molecule has 0 bridgehead atoms. The molecule has 0 N–H and O–H groups in total. The Kier molecular flexibility index (Phi) is 5.18. The normalized spacial score (nSPS) is 11.3. The second kappa shape index (κ2) is 7.76.